The molecule has 0 atom stereocenters. The number of Topliss-reactive ketones (excluding diaryl/α,β-unsaturated/α-hetero) is 2. The Morgan fingerprint density at radius 3 is 1.05 bits per heavy atom. The number of ketones is 2. The summed E-state index contributed by atoms with van der Waals surface area (Å²) < 4.78 is 0. The van der Waals surface area contributed by atoms with Crippen molar-refractivity contribution in [3.8, 4) is 0 Å². The van der Waals surface area contributed by atoms with Crippen molar-refractivity contribution < 1.29 is 29.1 Å². The van der Waals surface area contributed by atoms with E-state index >= 15 is 0 Å². The van der Waals surface area contributed by atoms with Crippen LogP contribution in [0.4, 0.5) is 0 Å². The fraction of sp³-hybridized carbons (Fsp3) is 0.765. The zero-order valence-corrected chi connectivity index (χ0v) is 15.4. The summed E-state index contributed by atoms with van der Waals surface area (Å²) in [5.41, 5.74) is 0. The second kappa shape index (κ2) is 15.4. The van der Waals surface area contributed by atoms with Gasteiger partial charge in [0.15, 0.2) is 0 Å². The van der Waals surface area contributed by atoms with Crippen LogP contribution in [0.5, 0.6) is 0 Å². The van der Waals surface area contributed by atoms with E-state index in [2.05, 4.69) is 6.92 Å². The van der Waals surface area contributed by atoms with Crippen LogP contribution in [0.1, 0.15) is 72.1 Å². The second-order valence-electron chi connectivity index (χ2n) is 5.18. The molecule has 2 nitrogen and oxygen atoms in total. The van der Waals surface area contributed by atoms with Gasteiger partial charge in [0.1, 0.15) is 11.6 Å². The van der Waals surface area contributed by atoms with Gasteiger partial charge in [-0.1, -0.05) is 25.7 Å². The van der Waals surface area contributed by atoms with Crippen molar-refractivity contribution in [3.05, 3.63) is 14.4 Å². The standard InChI is InChI=1S/2C7H12O.C2H5.CH3.Ru/c2*1-6(8)7-4-2-3-5-7;1-2;;/h2*7H,2-5H2,1H3;1H2,2H3;1H3;/q;;2*-1;+2. The van der Waals surface area contributed by atoms with Gasteiger partial charge in [0.2, 0.25) is 0 Å². The predicted octanol–water partition coefficient (Wildman–Crippen LogP) is 4.82. The molecule has 0 heterocycles. The number of hydrogen-bond donors (Lipinski definition) is 0. The van der Waals surface area contributed by atoms with E-state index < -0.39 is 0 Å². The molecule has 0 aromatic rings. The van der Waals surface area contributed by atoms with Gasteiger partial charge in [-0.05, 0) is 39.5 Å². The van der Waals surface area contributed by atoms with E-state index in [1.54, 1.807) is 20.8 Å². The largest absolute Gasteiger partial charge is 2.00 e. The van der Waals surface area contributed by atoms with Crippen molar-refractivity contribution in [1.82, 2.24) is 0 Å². The molecular formula is C17H32O2Ru. The molecule has 20 heavy (non-hydrogen) atoms. The number of rotatable bonds is 2. The van der Waals surface area contributed by atoms with Crippen LogP contribution >= 0.6 is 0 Å². The van der Waals surface area contributed by atoms with Crippen molar-refractivity contribution in [3.63, 3.8) is 0 Å². The van der Waals surface area contributed by atoms with Crippen LogP contribution in [0.3, 0.4) is 0 Å². The van der Waals surface area contributed by atoms with Gasteiger partial charge >= 0.3 is 19.5 Å². The minimum atomic E-state index is 0. The molecule has 2 saturated carbocycles. The van der Waals surface area contributed by atoms with Crippen molar-refractivity contribution in [1.29, 1.82) is 0 Å². The Hall–Kier alpha value is -0.0366. The monoisotopic (exact) mass is 370 g/mol. The van der Waals surface area contributed by atoms with Gasteiger partial charge < -0.3 is 14.4 Å². The third-order valence-electron chi connectivity index (χ3n) is 3.86. The van der Waals surface area contributed by atoms with Crippen LogP contribution in [0.2, 0.25) is 0 Å². The summed E-state index contributed by atoms with van der Waals surface area (Å²) >= 11 is 0. The molecule has 0 spiro atoms. The summed E-state index contributed by atoms with van der Waals surface area (Å²) in [6.45, 7) is 8.41. The summed E-state index contributed by atoms with van der Waals surface area (Å²) in [7, 11) is 0. The minimum Gasteiger partial charge on any atom is -0.358 e. The van der Waals surface area contributed by atoms with Crippen LogP contribution < -0.4 is 0 Å². The average molecular weight is 370 g/mol. The predicted molar refractivity (Wildman–Crippen MR) is 82.7 cm³/mol. The molecular weight excluding hydrogens is 337 g/mol. The Labute approximate surface area is 139 Å². The van der Waals surface area contributed by atoms with Gasteiger partial charge in [0.25, 0.3) is 0 Å². The Bertz CT molecular complexity index is 213. The van der Waals surface area contributed by atoms with Gasteiger partial charge in [-0.25, -0.2) is 0 Å². The molecule has 3 heteroatoms. The molecule has 2 aliphatic rings. The van der Waals surface area contributed by atoms with E-state index in [-0.39, 0.29) is 26.9 Å². The van der Waals surface area contributed by atoms with Gasteiger partial charge in [-0.15, -0.1) is 0 Å². The summed E-state index contributed by atoms with van der Waals surface area (Å²) in [5, 5.41) is 0. The van der Waals surface area contributed by atoms with Crippen LogP contribution in [-0.2, 0) is 29.1 Å². The smallest absolute Gasteiger partial charge is 0.358 e. The zero-order chi connectivity index (χ0) is 14.0. The summed E-state index contributed by atoms with van der Waals surface area (Å²) in [6, 6.07) is 0. The first kappa shape index (κ1) is 24.9. The van der Waals surface area contributed by atoms with Crippen molar-refractivity contribution in [2.24, 2.45) is 11.8 Å². The van der Waals surface area contributed by atoms with Crippen LogP contribution in [0.15, 0.2) is 0 Å². The molecule has 0 bridgehead atoms. The number of carbonyl (C=O) groups excluding carboxylic acids is 2. The molecule has 0 N–H and O–H groups in total. The maximum absolute atomic E-state index is 10.6. The Kier molecular flexibility index (Phi) is 19.2. The van der Waals surface area contributed by atoms with E-state index in [1.165, 1.54) is 25.7 Å². The first-order valence-electron chi connectivity index (χ1n) is 7.33. The van der Waals surface area contributed by atoms with E-state index in [4.69, 9.17) is 0 Å². The molecule has 0 aromatic heterocycles. The first-order chi connectivity index (χ1) is 8.61. The molecule has 0 amide bonds. The molecule has 2 fully saturated rings. The zero-order valence-electron chi connectivity index (χ0n) is 13.7. The minimum absolute atomic E-state index is 0. The second-order valence-corrected chi connectivity index (χ2v) is 5.18. The molecule has 2 aliphatic carbocycles. The number of carbonyl (C=O) groups is 2. The normalized spacial score (nSPS) is 17.6. The van der Waals surface area contributed by atoms with E-state index in [9.17, 15) is 9.59 Å². The van der Waals surface area contributed by atoms with Gasteiger partial charge in [0, 0.05) is 11.8 Å². The Balaban J connectivity index is -0.000000236. The summed E-state index contributed by atoms with van der Waals surface area (Å²) in [4.78, 5) is 21.3. The van der Waals surface area contributed by atoms with Gasteiger partial charge in [0.05, 0.1) is 0 Å². The fourth-order valence-corrected chi connectivity index (χ4v) is 2.66. The fourth-order valence-electron chi connectivity index (χ4n) is 2.66. The summed E-state index contributed by atoms with van der Waals surface area (Å²) in [5.74, 6) is 1.63. The number of hydrogen-bond acceptors (Lipinski definition) is 2. The molecule has 0 radical (unpaired) electrons. The van der Waals surface area contributed by atoms with Gasteiger partial charge in [-0.2, -0.15) is 6.92 Å². The topological polar surface area (TPSA) is 34.1 Å². The molecule has 0 saturated heterocycles. The molecule has 120 valence electrons. The SMILES string of the molecule is CC(=O)C1CCCC1.CC(=O)C1CCCC1.[CH2-]C.[CH3-].[Ru+2]. The van der Waals surface area contributed by atoms with Crippen LogP contribution in [0.25, 0.3) is 0 Å². The van der Waals surface area contributed by atoms with Crippen LogP contribution in [-0.4, -0.2) is 11.6 Å². The Morgan fingerprint density at radius 2 is 0.950 bits per heavy atom. The third-order valence-corrected chi connectivity index (χ3v) is 3.86. The van der Waals surface area contributed by atoms with E-state index in [1.807, 2.05) is 0 Å². The van der Waals surface area contributed by atoms with Crippen LogP contribution in [0, 0.1) is 26.2 Å². The van der Waals surface area contributed by atoms with Crippen molar-refractivity contribution in [2.75, 3.05) is 0 Å². The van der Waals surface area contributed by atoms with E-state index in [0.29, 0.717) is 23.4 Å². The maximum atomic E-state index is 10.6. The molecule has 0 unspecified atom stereocenters. The molecule has 2 rings (SSSR count). The van der Waals surface area contributed by atoms with Crippen molar-refractivity contribution >= 4 is 11.6 Å². The molecule has 0 aromatic carbocycles. The quantitative estimate of drug-likeness (QED) is 0.517. The van der Waals surface area contributed by atoms with E-state index in [0.717, 1.165) is 25.7 Å². The average Bonchev–Trinajstić information content (AvgIpc) is 3.06. The Morgan fingerprint density at radius 1 is 0.750 bits per heavy atom. The van der Waals surface area contributed by atoms with Gasteiger partial charge in [-0.3, -0.25) is 9.59 Å². The molecule has 0 aliphatic heterocycles. The third kappa shape index (κ3) is 10.7. The first-order valence-corrected chi connectivity index (χ1v) is 7.33. The summed E-state index contributed by atoms with van der Waals surface area (Å²) in [6.07, 6.45) is 9.66. The van der Waals surface area contributed by atoms with Crippen molar-refractivity contribution in [2.45, 2.75) is 72.1 Å². The maximum Gasteiger partial charge on any atom is 2.00 e.